The highest BCUT2D eigenvalue weighted by Gasteiger charge is 2.03. The van der Waals surface area contributed by atoms with E-state index in [1.54, 1.807) is 12.1 Å². The number of hydrogen-bond acceptors (Lipinski definition) is 1. The number of phenolic OH excluding ortho intramolecular Hbond substituents is 1. The number of aromatic hydroxyl groups is 1. The van der Waals surface area contributed by atoms with Crippen LogP contribution in [0.15, 0.2) is 42.5 Å². The normalized spacial score (nSPS) is 10.3. The lowest BCUT2D eigenvalue weighted by Crippen LogP contribution is -1.82. The second kappa shape index (κ2) is 3.95. The lowest BCUT2D eigenvalue weighted by Gasteiger charge is -2.06. The van der Waals surface area contributed by atoms with Crippen LogP contribution in [0.4, 0.5) is 0 Å². The molecule has 0 heterocycles. The van der Waals surface area contributed by atoms with E-state index in [-0.39, 0.29) is 5.75 Å². The SMILES string of the molecule is Cc1ccc(Cl)cc1-c1cccc(O)c1. The number of rotatable bonds is 1. The van der Waals surface area contributed by atoms with E-state index in [9.17, 15) is 5.11 Å². The Kier molecular flexibility index (Phi) is 2.65. The van der Waals surface area contributed by atoms with Gasteiger partial charge >= 0.3 is 0 Å². The zero-order chi connectivity index (χ0) is 10.8. The first kappa shape index (κ1) is 10.1. The summed E-state index contributed by atoms with van der Waals surface area (Å²) in [6.45, 7) is 2.02. The van der Waals surface area contributed by atoms with Crippen molar-refractivity contribution in [2.75, 3.05) is 0 Å². The molecule has 0 fully saturated rings. The molecule has 0 unspecified atom stereocenters. The van der Waals surface area contributed by atoms with E-state index in [1.165, 1.54) is 0 Å². The van der Waals surface area contributed by atoms with Gasteiger partial charge in [-0.05, 0) is 47.9 Å². The Balaban J connectivity index is 2.58. The minimum absolute atomic E-state index is 0.270. The molecule has 0 amide bonds. The van der Waals surface area contributed by atoms with Gasteiger partial charge in [-0.1, -0.05) is 29.8 Å². The van der Waals surface area contributed by atoms with Gasteiger partial charge < -0.3 is 5.11 Å². The molecule has 0 saturated heterocycles. The van der Waals surface area contributed by atoms with E-state index in [0.29, 0.717) is 5.02 Å². The van der Waals surface area contributed by atoms with Gasteiger partial charge in [0, 0.05) is 5.02 Å². The second-order valence-electron chi connectivity index (χ2n) is 3.51. The minimum atomic E-state index is 0.270. The molecule has 15 heavy (non-hydrogen) atoms. The molecule has 2 aromatic rings. The molecule has 2 heteroatoms. The summed E-state index contributed by atoms with van der Waals surface area (Å²) in [6, 6.07) is 12.9. The van der Waals surface area contributed by atoms with Crippen LogP contribution in [0.3, 0.4) is 0 Å². The molecule has 0 aliphatic rings. The largest absolute Gasteiger partial charge is 0.508 e. The Hall–Kier alpha value is -1.47. The van der Waals surface area contributed by atoms with E-state index in [0.717, 1.165) is 16.7 Å². The van der Waals surface area contributed by atoms with E-state index < -0.39 is 0 Å². The van der Waals surface area contributed by atoms with Gasteiger partial charge in [0.2, 0.25) is 0 Å². The van der Waals surface area contributed by atoms with Crippen LogP contribution in [-0.4, -0.2) is 5.11 Å². The predicted molar refractivity (Wildman–Crippen MR) is 63.3 cm³/mol. The molecule has 76 valence electrons. The van der Waals surface area contributed by atoms with Gasteiger partial charge in [0.05, 0.1) is 0 Å². The average molecular weight is 219 g/mol. The fraction of sp³-hybridized carbons (Fsp3) is 0.0769. The van der Waals surface area contributed by atoms with Crippen molar-refractivity contribution in [2.45, 2.75) is 6.92 Å². The summed E-state index contributed by atoms with van der Waals surface area (Å²) in [5.74, 6) is 0.270. The summed E-state index contributed by atoms with van der Waals surface area (Å²) in [5.41, 5.74) is 3.18. The number of halogens is 1. The maximum absolute atomic E-state index is 9.40. The van der Waals surface area contributed by atoms with Gasteiger partial charge in [0.15, 0.2) is 0 Å². The van der Waals surface area contributed by atoms with Crippen LogP contribution in [0, 0.1) is 6.92 Å². The van der Waals surface area contributed by atoms with Crippen molar-refractivity contribution >= 4 is 11.6 Å². The van der Waals surface area contributed by atoms with Crippen LogP contribution >= 0.6 is 11.6 Å². The topological polar surface area (TPSA) is 20.2 Å². The van der Waals surface area contributed by atoms with Gasteiger partial charge in [-0.3, -0.25) is 0 Å². The van der Waals surface area contributed by atoms with Gasteiger partial charge in [-0.15, -0.1) is 0 Å². The minimum Gasteiger partial charge on any atom is -0.508 e. The van der Waals surface area contributed by atoms with Crippen molar-refractivity contribution in [3.63, 3.8) is 0 Å². The van der Waals surface area contributed by atoms with Crippen LogP contribution in [0.5, 0.6) is 5.75 Å². The predicted octanol–water partition coefficient (Wildman–Crippen LogP) is 4.02. The second-order valence-corrected chi connectivity index (χ2v) is 3.95. The van der Waals surface area contributed by atoms with Crippen LogP contribution in [0.2, 0.25) is 5.02 Å². The third-order valence-electron chi connectivity index (χ3n) is 2.36. The summed E-state index contributed by atoms with van der Waals surface area (Å²) in [6.07, 6.45) is 0. The lowest BCUT2D eigenvalue weighted by molar-refractivity contribution is 0.475. The molecule has 2 aromatic carbocycles. The van der Waals surface area contributed by atoms with Crippen LogP contribution in [0.25, 0.3) is 11.1 Å². The maximum Gasteiger partial charge on any atom is 0.116 e. The van der Waals surface area contributed by atoms with Crippen LogP contribution in [0.1, 0.15) is 5.56 Å². The van der Waals surface area contributed by atoms with E-state index >= 15 is 0 Å². The molecule has 0 saturated carbocycles. The molecule has 0 aromatic heterocycles. The average Bonchev–Trinajstić information content (AvgIpc) is 2.22. The number of benzene rings is 2. The summed E-state index contributed by atoms with van der Waals surface area (Å²) in [7, 11) is 0. The van der Waals surface area contributed by atoms with Crippen LogP contribution < -0.4 is 0 Å². The van der Waals surface area contributed by atoms with E-state index in [1.807, 2.05) is 37.3 Å². The summed E-state index contributed by atoms with van der Waals surface area (Å²) < 4.78 is 0. The Morgan fingerprint density at radius 2 is 1.87 bits per heavy atom. The van der Waals surface area contributed by atoms with Crippen LogP contribution in [-0.2, 0) is 0 Å². The van der Waals surface area contributed by atoms with Crippen molar-refractivity contribution < 1.29 is 5.11 Å². The summed E-state index contributed by atoms with van der Waals surface area (Å²) in [4.78, 5) is 0. The van der Waals surface area contributed by atoms with E-state index in [2.05, 4.69) is 0 Å². The van der Waals surface area contributed by atoms with Crippen molar-refractivity contribution in [3.8, 4) is 16.9 Å². The highest BCUT2D eigenvalue weighted by atomic mass is 35.5. The molecule has 0 aliphatic carbocycles. The molecule has 2 rings (SSSR count). The zero-order valence-corrected chi connectivity index (χ0v) is 9.12. The quantitative estimate of drug-likeness (QED) is 0.767. The molecule has 1 N–H and O–H groups in total. The van der Waals surface area contributed by atoms with Crippen molar-refractivity contribution in [2.24, 2.45) is 0 Å². The Morgan fingerprint density at radius 1 is 1.07 bits per heavy atom. The smallest absolute Gasteiger partial charge is 0.116 e. The zero-order valence-electron chi connectivity index (χ0n) is 8.37. The number of hydrogen-bond donors (Lipinski definition) is 1. The standard InChI is InChI=1S/C13H11ClO/c1-9-5-6-11(14)8-13(9)10-3-2-4-12(15)7-10/h2-8,15H,1H3. The van der Waals surface area contributed by atoms with Crippen molar-refractivity contribution in [1.29, 1.82) is 0 Å². The first-order valence-electron chi connectivity index (χ1n) is 4.72. The van der Waals surface area contributed by atoms with Crippen molar-refractivity contribution in [1.82, 2.24) is 0 Å². The molecule has 0 bridgehead atoms. The Labute approximate surface area is 94.0 Å². The molecule has 1 nitrogen and oxygen atoms in total. The Bertz CT molecular complexity index is 492. The highest BCUT2D eigenvalue weighted by molar-refractivity contribution is 6.30. The van der Waals surface area contributed by atoms with E-state index in [4.69, 9.17) is 11.6 Å². The molecule has 0 radical (unpaired) electrons. The van der Waals surface area contributed by atoms with Gasteiger partial charge in [0.25, 0.3) is 0 Å². The fourth-order valence-corrected chi connectivity index (χ4v) is 1.75. The molecule has 0 atom stereocenters. The van der Waals surface area contributed by atoms with Gasteiger partial charge in [0.1, 0.15) is 5.75 Å². The Morgan fingerprint density at radius 3 is 2.60 bits per heavy atom. The molecular formula is C13H11ClO. The monoisotopic (exact) mass is 218 g/mol. The number of phenols is 1. The fourth-order valence-electron chi connectivity index (χ4n) is 1.58. The molecule has 0 spiro atoms. The number of aryl methyl sites for hydroxylation is 1. The summed E-state index contributed by atoms with van der Waals surface area (Å²) >= 11 is 5.94. The highest BCUT2D eigenvalue weighted by Crippen LogP contribution is 2.28. The first-order chi connectivity index (χ1) is 7.16. The maximum atomic E-state index is 9.40. The van der Waals surface area contributed by atoms with Gasteiger partial charge in [-0.25, -0.2) is 0 Å². The third-order valence-corrected chi connectivity index (χ3v) is 2.59. The summed E-state index contributed by atoms with van der Waals surface area (Å²) in [5, 5.41) is 10.1. The lowest BCUT2D eigenvalue weighted by atomic mass is 10.0. The molecule has 0 aliphatic heterocycles. The first-order valence-corrected chi connectivity index (χ1v) is 5.10. The van der Waals surface area contributed by atoms with Gasteiger partial charge in [-0.2, -0.15) is 0 Å². The van der Waals surface area contributed by atoms with Crippen molar-refractivity contribution in [3.05, 3.63) is 53.1 Å². The third kappa shape index (κ3) is 2.13. The molecular weight excluding hydrogens is 208 g/mol.